The lowest BCUT2D eigenvalue weighted by Crippen LogP contribution is -2.45. The molecule has 0 atom stereocenters. The Morgan fingerprint density at radius 1 is 0.971 bits per heavy atom. The minimum absolute atomic E-state index is 0.0305. The van der Waals surface area contributed by atoms with Crippen LogP contribution in [0.2, 0.25) is 0 Å². The van der Waals surface area contributed by atoms with Gasteiger partial charge in [-0.2, -0.15) is 4.31 Å². The van der Waals surface area contributed by atoms with Crippen LogP contribution in [0.25, 0.3) is 11.5 Å². The average Bonchev–Trinajstić information content (AvgIpc) is 3.31. The molecular weight excluding hydrogens is 484 g/mol. The van der Waals surface area contributed by atoms with Gasteiger partial charge in [-0.05, 0) is 50.6 Å². The number of benzene rings is 2. The zero-order valence-corrected chi connectivity index (χ0v) is 22.4. The summed E-state index contributed by atoms with van der Waals surface area (Å²) in [6.45, 7) is 11.0. The molecule has 0 bridgehead atoms. The molecule has 0 saturated carbocycles. The molecule has 3 rings (SSSR count). The van der Waals surface area contributed by atoms with Crippen LogP contribution < -0.4 is 0 Å². The summed E-state index contributed by atoms with van der Waals surface area (Å²) in [6, 6.07) is 16.2. The Hall–Kier alpha value is -2.69. The Labute approximate surface area is 211 Å². The number of sulfonamides is 1. The number of carbonyl (C=O) groups excluding carboxylic acids is 1. The van der Waals surface area contributed by atoms with E-state index in [1.165, 1.54) is 28.2 Å². The van der Waals surface area contributed by atoms with E-state index in [9.17, 15) is 13.2 Å². The molecule has 0 spiro atoms. The second kappa shape index (κ2) is 11.4. The number of amides is 1. The molecule has 8 nitrogen and oxygen atoms in total. The summed E-state index contributed by atoms with van der Waals surface area (Å²) in [6.07, 6.45) is 0. The van der Waals surface area contributed by atoms with Gasteiger partial charge in [0.2, 0.25) is 21.8 Å². The standard InChI is InChI=1S/C25H32N4O4S2/c1-6-28(7-2)35(31,32)21-15-13-20(14-16-21)23-26-27-24(33-23)34-18-22(30)29(25(3,4)5)17-19-11-9-8-10-12-19/h8-16H,6-7,17-18H2,1-5H3. The van der Waals surface area contributed by atoms with Gasteiger partial charge in [0.05, 0.1) is 10.6 Å². The van der Waals surface area contributed by atoms with Crippen LogP contribution in [0.5, 0.6) is 0 Å². The highest BCUT2D eigenvalue weighted by Crippen LogP contribution is 2.26. The Kier molecular flexibility index (Phi) is 8.74. The summed E-state index contributed by atoms with van der Waals surface area (Å²) in [5.41, 5.74) is 1.32. The van der Waals surface area contributed by atoms with Crippen LogP contribution >= 0.6 is 11.8 Å². The summed E-state index contributed by atoms with van der Waals surface area (Å²) in [5.74, 6) is 0.396. The van der Waals surface area contributed by atoms with Gasteiger partial charge in [0.15, 0.2) is 0 Å². The molecule has 0 saturated heterocycles. The minimum atomic E-state index is -3.54. The van der Waals surface area contributed by atoms with E-state index in [4.69, 9.17) is 4.42 Å². The third-order valence-corrected chi connectivity index (χ3v) is 8.33. The Bertz CT molecular complexity index is 1220. The predicted octanol–water partition coefficient (Wildman–Crippen LogP) is 4.69. The predicted molar refractivity (Wildman–Crippen MR) is 137 cm³/mol. The highest BCUT2D eigenvalue weighted by molar-refractivity contribution is 7.99. The first-order valence-electron chi connectivity index (χ1n) is 11.5. The van der Waals surface area contributed by atoms with E-state index < -0.39 is 10.0 Å². The lowest BCUT2D eigenvalue weighted by atomic mass is 10.0. The van der Waals surface area contributed by atoms with Crippen molar-refractivity contribution in [3.05, 3.63) is 60.2 Å². The zero-order valence-electron chi connectivity index (χ0n) is 20.8. The summed E-state index contributed by atoms with van der Waals surface area (Å²) in [4.78, 5) is 15.1. The molecule has 188 valence electrons. The minimum Gasteiger partial charge on any atom is -0.411 e. The zero-order chi connectivity index (χ0) is 25.6. The number of nitrogens with zero attached hydrogens (tertiary/aromatic N) is 4. The number of aromatic nitrogens is 2. The van der Waals surface area contributed by atoms with Gasteiger partial charge in [-0.1, -0.05) is 55.9 Å². The maximum atomic E-state index is 13.0. The van der Waals surface area contributed by atoms with Crippen LogP contribution in [0.4, 0.5) is 0 Å². The van der Waals surface area contributed by atoms with Crippen LogP contribution in [0.3, 0.4) is 0 Å². The summed E-state index contributed by atoms with van der Waals surface area (Å²) < 4.78 is 32.5. The molecule has 2 aromatic carbocycles. The quantitative estimate of drug-likeness (QED) is 0.361. The van der Waals surface area contributed by atoms with Gasteiger partial charge in [0.1, 0.15) is 0 Å². The van der Waals surface area contributed by atoms with E-state index in [0.717, 1.165) is 5.56 Å². The molecular formula is C25H32N4O4S2. The first-order chi connectivity index (χ1) is 16.6. The molecule has 1 amide bonds. The van der Waals surface area contributed by atoms with E-state index in [0.29, 0.717) is 25.2 Å². The Morgan fingerprint density at radius 3 is 2.17 bits per heavy atom. The smallest absolute Gasteiger partial charge is 0.277 e. The van der Waals surface area contributed by atoms with E-state index >= 15 is 0 Å². The van der Waals surface area contributed by atoms with E-state index in [1.54, 1.807) is 26.0 Å². The fourth-order valence-electron chi connectivity index (χ4n) is 3.53. The number of rotatable bonds is 10. The molecule has 0 aliphatic rings. The molecule has 0 N–H and O–H groups in total. The van der Waals surface area contributed by atoms with Gasteiger partial charge in [-0.25, -0.2) is 8.42 Å². The summed E-state index contributed by atoms with van der Waals surface area (Å²) in [7, 11) is -3.54. The molecule has 35 heavy (non-hydrogen) atoms. The van der Waals surface area contributed by atoms with E-state index in [1.807, 2.05) is 56.0 Å². The van der Waals surface area contributed by atoms with Crippen molar-refractivity contribution in [2.45, 2.75) is 56.8 Å². The van der Waals surface area contributed by atoms with Crippen molar-refractivity contribution in [1.82, 2.24) is 19.4 Å². The molecule has 1 heterocycles. The number of hydrogen-bond acceptors (Lipinski definition) is 7. The molecule has 3 aromatic rings. The second-order valence-corrected chi connectivity index (χ2v) is 11.8. The van der Waals surface area contributed by atoms with Crippen LogP contribution in [0.15, 0.2) is 69.1 Å². The Balaban J connectivity index is 1.67. The van der Waals surface area contributed by atoms with Crippen LogP contribution in [0, 0.1) is 0 Å². The average molecular weight is 517 g/mol. The van der Waals surface area contributed by atoms with Gasteiger partial charge in [0.25, 0.3) is 5.22 Å². The van der Waals surface area contributed by atoms with Gasteiger partial charge >= 0.3 is 0 Å². The molecule has 10 heteroatoms. The van der Waals surface area contributed by atoms with E-state index in [2.05, 4.69) is 10.2 Å². The van der Waals surface area contributed by atoms with Crippen LogP contribution in [-0.4, -0.2) is 58.1 Å². The molecule has 0 aliphatic heterocycles. The summed E-state index contributed by atoms with van der Waals surface area (Å²) in [5, 5.41) is 8.39. The lowest BCUT2D eigenvalue weighted by Gasteiger charge is -2.35. The van der Waals surface area contributed by atoms with Crippen molar-refractivity contribution in [2.24, 2.45) is 0 Å². The molecule has 0 unspecified atom stereocenters. The maximum Gasteiger partial charge on any atom is 0.277 e. The molecule has 1 aromatic heterocycles. The fraction of sp³-hybridized carbons (Fsp3) is 0.400. The Morgan fingerprint density at radius 2 is 1.60 bits per heavy atom. The number of thioether (sulfide) groups is 1. The monoisotopic (exact) mass is 516 g/mol. The van der Waals surface area contributed by atoms with Gasteiger partial charge in [-0.3, -0.25) is 4.79 Å². The largest absolute Gasteiger partial charge is 0.411 e. The first kappa shape index (κ1) is 26.9. The van der Waals surface area contributed by atoms with Crippen molar-refractivity contribution >= 4 is 27.7 Å². The van der Waals surface area contributed by atoms with Crippen molar-refractivity contribution < 1.29 is 17.6 Å². The highest BCUT2D eigenvalue weighted by atomic mass is 32.2. The molecule has 0 fully saturated rings. The van der Waals surface area contributed by atoms with Crippen LogP contribution in [0.1, 0.15) is 40.2 Å². The highest BCUT2D eigenvalue weighted by Gasteiger charge is 2.27. The van der Waals surface area contributed by atoms with Gasteiger partial charge in [0, 0.05) is 30.7 Å². The first-order valence-corrected chi connectivity index (χ1v) is 13.9. The van der Waals surface area contributed by atoms with E-state index in [-0.39, 0.29) is 33.2 Å². The molecule has 0 radical (unpaired) electrons. The maximum absolute atomic E-state index is 13.0. The fourth-order valence-corrected chi connectivity index (χ4v) is 5.63. The SMILES string of the molecule is CCN(CC)S(=O)(=O)c1ccc(-c2nnc(SCC(=O)N(Cc3ccccc3)C(C)(C)C)o2)cc1. The van der Waals surface area contributed by atoms with Crippen molar-refractivity contribution in [3.63, 3.8) is 0 Å². The van der Waals surface area contributed by atoms with Crippen LogP contribution in [-0.2, 0) is 21.4 Å². The number of hydrogen-bond donors (Lipinski definition) is 0. The van der Waals surface area contributed by atoms with Gasteiger partial charge < -0.3 is 9.32 Å². The van der Waals surface area contributed by atoms with Crippen molar-refractivity contribution in [1.29, 1.82) is 0 Å². The third-order valence-electron chi connectivity index (χ3n) is 5.46. The molecule has 0 aliphatic carbocycles. The summed E-state index contributed by atoms with van der Waals surface area (Å²) >= 11 is 1.18. The topological polar surface area (TPSA) is 96.6 Å². The van der Waals surface area contributed by atoms with Gasteiger partial charge in [-0.15, -0.1) is 10.2 Å². The third kappa shape index (κ3) is 6.71. The number of carbonyl (C=O) groups is 1. The second-order valence-electron chi connectivity index (χ2n) is 8.91. The lowest BCUT2D eigenvalue weighted by molar-refractivity contribution is -0.133. The van der Waals surface area contributed by atoms with Crippen molar-refractivity contribution in [2.75, 3.05) is 18.8 Å². The normalized spacial score (nSPS) is 12.2. The van der Waals surface area contributed by atoms with Crippen molar-refractivity contribution in [3.8, 4) is 11.5 Å².